The van der Waals surface area contributed by atoms with E-state index in [-0.39, 0.29) is 18.6 Å². The molecule has 0 saturated carbocycles. The molecule has 152 valence electrons. The summed E-state index contributed by atoms with van der Waals surface area (Å²) in [5.41, 5.74) is 1.78. The van der Waals surface area contributed by atoms with Crippen LogP contribution in [0.1, 0.15) is 18.1 Å². The summed E-state index contributed by atoms with van der Waals surface area (Å²) >= 11 is 0. The highest BCUT2D eigenvalue weighted by Crippen LogP contribution is 2.32. The molecule has 1 heterocycles. The van der Waals surface area contributed by atoms with Gasteiger partial charge in [-0.05, 0) is 48.4 Å². The van der Waals surface area contributed by atoms with Crippen LogP contribution in [-0.2, 0) is 16.1 Å². The molecular weight excluding hydrogens is 372 g/mol. The van der Waals surface area contributed by atoms with Crippen molar-refractivity contribution in [3.05, 3.63) is 59.7 Å². The first kappa shape index (κ1) is 20.3. The average molecular weight is 396 g/mol. The normalized spacial score (nSPS) is 13.2. The molecule has 1 unspecified atom stereocenters. The number of benzene rings is 2. The molecule has 0 bridgehead atoms. The molecule has 7 nitrogen and oxygen atoms in total. The molecule has 0 aliphatic carbocycles. The number of nitrogens with one attached hydrogen (secondary N) is 1. The quantitative estimate of drug-likeness (QED) is 0.728. The zero-order valence-corrected chi connectivity index (χ0v) is 16.7. The second-order valence-electron chi connectivity index (χ2n) is 6.72. The molecule has 2 amide bonds. The molecule has 1 aliphatic rings. The van der Waals surface area contributed by atoms with E-state index in [1.54, 1.807) is 32.1 Å². The third-order valence-electron chi connectivity index (χ3n) is 4.51. The summed E-state index contributed by atoms with van der Waals surface area (Å²) in [6.07, 6.45) is 3.09. The van der Waals surface area contributed by atoms with Gasteiger partial charge in [0.25, 0.3) is 0 Å². The standard InChI is InChI=1S/C22H24N2O5/c1-15(23-21(25)11-7-16-4-8-18(27-3)9-5-16)22(26)24(2)13-17-6-10-19-20(12-17)29-14-28-19/h4-12,15H,13-14H2,1-3H3,(H,23,25)/b11-7+. The molecule has 0 saturated heterocycles. The molecule has 2 aromatic carbocycles. The van der Waals surface area contributed by atoms with Crippen LogP contribution in [0.5, 0.6) is 17.2 Å². The lowest BCUT2D eigenvalue weighted by Gasteiger charge is -2.22. The molecule has 7 heteroatoms. The number of likely N-dealkylation sites (N-methyl/N-ethyl adjacent to an activating group) is 1. The first-order valence-corrected chi connectivity index (χ1v) is 9.22. The zero-order chi connectivity index (χ0) is 20.8. The van der Waals surface area contributed by atoms with Gasteiger partial charge in [-0.15, -0.1) is 0 Å². The van der Waals surface area contributed by atoms with Crippen LogP contribution in [0.3, 0.4) is 0 Å². The van der Waals surface area contributed by atoms with Crippen molar-refractivity contribution < 1.29 is 23.8 Å². The first-order valence-electron chi connectivity index (χ1n) is 9.22. The molecule has 0 spiro atoms. The van der Waals surface area contributed by atoms with E-state index in [4.69, 9.17) is 14.2 Å². The fourth-order valence-electron chi connectivity index (χ4n) is 2.93. The summed E-state index contributed by atoms with van der Waals surface area (Å²) in [4.78, 5) is 26.3. The number of rotatable bonds is 7. The Hall–Kier alpha value is -3.48. The van der Waals surface area contributed by atoms with Crippen molar-refractivity contribution in [3.63, 3.8) is 0 Å². The molecule has 1 aliphatic heterocycles. The minimum atomic E-state index is -0.651. The van der Waals surface area contributed by atoms with Crippen LogP contribution in [0.15, 0.2) is 48.5 Å². The smallest absolute Gasteiger partial charge is 0.244 e. The fraction of sp³-hybridized carbons (Fsp3) is 0.273. The van der Waals surface area contributed by atoms with Crippen LogP contribution in [-0.4, -0.2) is 43.7 Å². The van der Waals surface area contributed by atoms with Crippen molar-refractivity contribution in [2.24, 2.45) is 0 Å². The van der Waals surface area contributed by atoms with Gasteiger partial charge in [0.2, 0.25) is 18.6 Å². The van der Waals surface area contributed by atoms with Crippen LogP contribution < -0.4 is 19.5 Å². The molecule has 0 radical (unpaired) electrons. The van der Waals surface area contributed by atoms with E-state index in [1.165, 1.54) is 6.08 Å². The fourth-order valence-corrected chi connectivity index (χ4v) is 2.93. The zero-order valence-electron chi connectivity index (χ0n) is 16.7. The minimum absolute atomic E-state index is 0.186. The molecule has 29 heavy (non-hydrogen) atoms. The van der Waals surface area contributed by atoms with E-state index in [9.17, 15) is 9.59 Å². The number of carbonyl (C=O) groups is 2. The maximum absolute atomic E-state index is 12.6. The maximum Gasteiger partial charge on any atom is 0.244 e. The molecule has 2 aromatic rings. The van der Waals surface area contributed by atoms with Gasteiger partial charge in [-0.25, -0.2) is 0 Å². The van der Waals surface area contributed by atoms with Crippen molar-refractivity contribution in [1.82, 2.24) is 10.2 Å². The van der Waals surface area contributed by atoms with Gasteiger partial charge >= 0.3 is 0 Å². The third-order valence-corrected chi connectivity index (χ3v) is 4.51. The molecule has 1 atom stereocenters. The van der Waals surface area contributed by atoms with Crippen LogP contribution >= 0.6 is 0 Å². The van der Waals surface area contributed by atoms with Gasteiger partial charge in [-0.2, -0.15) is 0 Å². The number of nitrogens with zero attached hydrogens (tertiary/aromatic N) is 1. The van der Waals surface area contributed by atoms with E-state index in [0.29, 0.717) is 18.0 Å². The molecular formula is C22H24N2O5. The highest BCUT2D eigenvalue weighted by Gasteiger charge is 2.20. The summed E-state index contributed by atoms with van der Waals surface area (Å²) in [6, 6.07) is 12.2. The topological polar surface area (TPSA) is 77.1 Å². The Morgan fingerprint density at radius 3 is 2.62 bits per heavy atom. The van der Waals surface area contributed by atoms with Gasteiger partial charge in [0.05, 0.1) is 7.11 Å². The second-order valence-corrected chi connectivity index (χ2v) is 6.72. The summed E-state index contributed by atoms with van der Waals surface area (Å²) in [5, 5.41) is 2.69. The van der Waals surface area contributed by atoms with Crippen molar-refractivity contribution in [1.29, 1.82) is 0 Å². The Kier molecular flexibility index (Phi) is 6.39. The Bertz CT molecular complexity index is 908. The van der Waals surface area contributed by atoms with E-state index >= 15 is 0 Å². The average Bonchev–Trinajstić information content (AvgIpc) is 3.19. The van der Waals surface area contributed by atoms with Gasteiger partial charge in [0.15, 0.2) is 11.5 Å². The van der Waals surface area contributed by atoms with Crippen molar-refractivity contribution in [2.45, 2.75) is 19.5 Å². The Morgan fingerprint density at radius 1 is 1.17 bits per heavy atom. The summed E-state index contributed by atoms with van der Waals surface area (Å²) < 4.78 is 15.8. The number of ether oxygens (including phenoxy) is 3. The van der Waals surface area contributed by atoms with Crippen molar-refractivity contribution in [3.8, 4) is 17.2 Å². The maximum atomic E-state index is 12.6. The van der Waals surface area contributed by atoms with Crippen LogP contribution in [0, 0.1) is 0 Å². The van der Waals surface area contributed by atoms with Gasteiger partial charge in [-0.3, -0.25) is 9.59 Å². The van der Waals surface area contributed by atoms with Gasteiger partial charge in [-0.1, -0.05) is 18.2 Å². The molecule has 1 N–H and O–H groups in total. The van der Waals surface area contributed by atoms with E-state index < -0.39 is 6.04 Å². The van der Waals surface area contributed by atoms with Gasteiger partial charge in [0, 0.05) is 19.7 Å². The lowest BCUT2D eigenvalue weighted by Crippen LogP contribution is -2.44. The number of carbonyl (C=O) groups excluding carboxylic acids is 2. The molecule has 0 fully saturated rings. The Labute approximate surface area is 169 Å². The first-order chi connectivity index (χ1) is 14.0. The highest BCUT2D eigenvalue weighted by atomic mass is 16.7. The lowest BCUT2D eigenvalue weighted by atomic mass is 10.1. The minimum Gasteiger partial charge on any atom is -0.497 e. The predicted octanol–water partition coefficient (Wildman–Crippen LogP) is 2.60. The summed E-state index contributed by atoms with van der Waals surface area (Å²) in [6.45, 7) is 2.27. The number of fused-ring (bicyclic) bond motifs is 1. The van der Waals surface area contributed by atoms with Gasteiger partial charge in [0.1, 0.15) is 11.8 Å². The molecule has 3 rings (SSSR count). The second kappa shape index (κ2) is 9.14. The Morgan fingerprint density at radius 2 is 1.90 bits per heavy atom. The highest BCUT2D eigenvalue weighted by molar-refractivity contribution is 5.95. The lowest BCUT2D eigenvalue weighted by molar-refractivity contribution is -0.134. The Balaban J connectivity index is 1.52. The summed E-state index contributed by atoms with van der Waals surface area (Å²) in [7, 11) is 3.29. The predicted molar refractivity (Wildman–Crippen MR) is 109 cm³/mol. The number of hydrogen-bond acceptors (Lipinski definition) is 5. The van der Waals surface area contributed by atoms with Crippen LogP contribution in [0.2, 0.25) is 0 Å². The third kappa shape index (κ3) is 5.28. The monoisotopic (exact) mass is 396 g/mol. The van der Waals surface area contributed by atoms with Crippen LogP contribution in [0.25, 0.3) is 6.08 Å². The van der Waals surface area contributed by atoms with E-state index in [0.717, 1.165) is 16.9 Å². The molecule has 0 aromatic heterocycles. The van der Waals surface area contributed by atoms with Crippen molar-refractivity contribution in [2.75, 3.05) is 21.0 Å². The summed E-state index contributed by atoms with van der Waals surface area (Å²) in [5.74, 6) is 1.60. The van der Waals surface area contributed by atoms with Crippen LogP contribution in [0.4, 0.5) is 0 Å². The number of methoxy groups -OCH3 is 1. The SMILES string of the molecule is COc1ccc(/C=C/C(=O)NC(C)C(=O)N(C)Cc2ccc3c(c2)OCO3)cc1. The van der Waals surface area contributed by atoms with E-state index in [2.05, 4.69) is 5.32 Å². The van der Waals surface area contributed by atoms with E-state index in [1.807, 2.05) is 42.5 Å². The number of hydrogen-bond donors (Lipinski definition) is 1. The van der Waals surface area contributed by atoms with Crippen molar-refractivity contribution >= 4 is 17.9 Å². The number of amides is 2. The van der Waals surface area contributed by atoms with Gasteiger partial charge < -0.3 is 24.4 Å². The largest absolute Gasteiger partial charge is 0.497 e.